The number of rotatable bonds is 7. The lowest BCUT2D eigenvalue weighted by atomic mass is 9.96. The van der Waals surface area contributed by atoms with Gasteiger partial charge in [-0.2, -0.15) is 0 Å². The molecule has 0 aliphatic carbocycles. The molecule has 4 heteroatoms. The van der Waals surface area contributed by atoms with Gasteiger partial charge in [0.2, 0.25) is 0 Å². The van der Waals surface area contributed by atoms with Crippen molar-refractivity contribution < 1.29 is 4.42 Å². The van der Waals surface area contributed by atoms with Crippen molar-refractivity contribution in [2.75, 3.05) is 0 Å². The SMILES string of the molecule is c1ccc(-c2ccc(-c3cccc4oc5cc(-c6nc(-c7ccc(-c8cccc9ccccc89)cc7)nc(-c7cccc(-c8ccccc8)c7)n6)ccc5c34)cc2)cc1. The van der Waals surface area contributed by atoms with Crippen molar-refractivity contribution in [3.63, 3.8) is 0 Å². The molecule has 11 rings (SSSR count). The van der Waals surface area contributed by atoms with E-state index in [1.807, 2.05) is 18.2 Å². The smallest absolute Gasteiger partial charge is 0.164 e. The molecule has 11 aromatic rings. The van der Waals surface area contributed by atoms with Crippen LogP contribution in [0.15, 0.2) is 217 Å². The molecule has 0 unspecified atom stereocenters. The van der Waals surface area contributed by atoms with Crippen molar-refractivity contribution in [2.45, 2.75) is 0 Å². The van der Waals surface area contributed by atoms with E-state index in [2.05, 4.69) is 194 Å². The lowest BCUT2D eigenvalue weighted by molar-refractivity contribution is 0.669. The van der Waals surface area contributed by atoms with Crippen LogP contribution >= 0.6 is 0 Å². The number of aromatic nitrogens is 3. The highest BCUT2D eigenvalue weighted by Gasteiger charge is 2.17. The second-order valence-corrected chi connectivity index (χ2v) is 14.8. The highest BCUT2D eigenvalue weighted by atomic mass is 16.3. The fourth-order valence-corrected chi connectivity index (χ4v) is 8.19. The maximum Gasteiger partial charge on any atom is 0.164 e. The Balaban J connectivity index is 1.01. The zero-order chi connectivity index (χ0) is 39.1. The van der Waals surface area contributed by atoms with Crippen LogP contribution < -0.4 is 0 Å². The summed E-state index contributed by atoms with van der Waals surface area (Å²) in [6.07, 6.45) is 0. The Morgan fingerprint density at radius 2 is 0.746 bits per heavy atom. The predicted octanol–water partition coefficient (Wildman–Crippen LogP) is 14.6. The summed E-state index contributed by atoms with van der Waals surface area (Å²) in [7, 11) is 0. The Bertz CT molecular complexity index is 3290. The maximum atomic E-state index is 6.58. The van der Waals surface area contributed by atoms with E-state index >= 15 is 0 Å². The first-order valence-corrected chi connectivity index (χ1v) is 19.8. The zero-order valence-electron chi connectivity index (χ0n) is 32.0. The Labute approximate surface area is 341 Å². The van der Waals surface area contributed by atoms with Crippen LogP contribution in [0.1, 0.15) is 0 Å². The topological polar surface area (TPSA) is 51.8 Å². The molecule has 0 saturated heterocycles. The summed E-state index contributed by atoms with van der Waals surface area (Å²) in [5, 5.41) is 4.57. The number of hydrogen-bond acceptors (Lipinski definition) is 4. The van der Waals surface area contributed by atoms with E-state index in [1.165, 1.54) is 27.5 Å². The molecule has 0 radical (unpaired) electrons. The summed E-state index contributed by atoms with van der Waals surface area (Å²) in [6, 6.07) is 74.0. The van der Waals surface area contributed by atoms with Gasteiger partial charge in [0.25, 0.3) is 0 Å². The van der Waals surface area contributed by atoms with Gasteiger partial charge in [0, 0.05) is 27.5 Å². The van der Waals surface area contributed by atoms with Gasteiger partial charge in [-0.1, -0.05) is 188 Å². The second-order valence-electron chi connectivity index (χ2n) is 14.8. The van der Waals surface area contributed by atoms with Crippen molar-refractivity contribution in [2.24, 2.45) is 0 Å². The molecule has 0 bridgehead atoms. The van der Waals surface area contributed by atoms with Gasteiger partial charge >= 0.3 is 0 Å². The first-order chi connectivity index (χ1) is 29.2. The van der Waals surface area contributed by atoms with Crippen LogP contribution in [0.5, 0.6) is 0 Å². The minimum Gasteiger partial charge on any atom is -0.456 e. The van der Waals surface area contributed by atoms with Gasteiger partial charge in [-0.15, -0.1) is 0 Å². The molecule has 0 aliphatic rings. The van der Waals surface area contributed by atoms with Gasteiger partial charge in [0.1, 0.15) is 11.2 Å². The normalized spacial score (nSPS) is 11.4. The van der Waals surface area contributed by atoms with Crippen LogP contribution in [0.2, 0.25) is 0 Å². The molecule has 0 saturated carbocycles. The third kappa shape index (κ3) is 6.43. The van der Waals surface area contributed by atoms with E-state index in [-0.39, 0.29) is 0 Å². The lowest BCUT2D eigenvalue weighted by Crippen LogP contribution is -2.00. The molecule has 0 aliphatic heterocycles. The maximum absolute atomic E-state index is 6.58. The molecule has 276 valence electrons. The van der Waals surface area contributed by atoms with Crippen LogP contribution in [0.4, 0.5) is 0 Å². The molecule has 0 spiro atoms. The quantitative estimate of drug-likeness (QED) is 0.163. The van der Waals surface area contributed by atoms with Crippen molar-refractivity contribution >= 4 is 32.7 Å². The summed E-state index contributed by atoms with van der Waals surface area (Å²) in [4.78, 5) is 15.4. The average Bonchev–Trinajstić information content (AvgIpc) is 3.70. The predicted molar refractivity (Wildman–Crippen MR) is 243 cm³/mol. The molecule has 2 heterocycles. The summed E-state index contributed by atoms with van der Waals surface area (Å²) in [6.45, 7) is 0. The summed E-state index contributed by atoms with van der Waals surface area (Å²) < 4.78 is 6.58. The lowest BCUT2D eigenvalue weighted by Gasteiger charge is -2.11. The van der Waals surface area contributed by atoms with E-state index in [1.54, 1.807) is 0 Å². The standard InChI is InChI=1S/C55H35N3O/c1-3-12-36(13-4-1)38-24-26-41(27-25-38)48-22-11-23-50-52(48)49-33-32-45(35-51(49)59-50)55-57-53(56-54(58-55)44-19-9-18-43(34-44)37-14-5-2-6-15-37)42-30-28-40(29-31-42)47-21-10-17-39-16-7-8-20-46(39)47/h1-35H. The van der Waals surface area contributed by atoms with Crippen LogP contribution in [0.3, 0.4) is 0 Å². The highest BCUT2D eigenvalue weighted by molar-refractivity contribution is 6.13. The van der Waals surface area contributed by atoms with Gasteiger partial charge in [-0.3, -0.25) is 0 Å². The molecular formula is C55H35N3O. The van der Waals surface area contributed by atoms with Crippen molar-refractivity contribution in [1.82, 2.24) is 15.0 Å². The van der Waals surface area contributed by atoms with Crippen molar-refractivity contribution in [3.8, 4) is 78.7 Å². The van der Waals surface area contributed by atoms with Gasteiger partial charge in [-0.05, 0) is 79.5 Å². The molecule has 0 amide bonds. The van der Waals surface area contributed by atoms with Crippen LogP contribution in [0.25, 0.3) is 111 Å². The Morgan fingerprint density at radius 1 is 0.271 bits per heavy atom. The fourth-order valence-electron chi connectivity index (χ4n) is 8.19. The number of fused-ring (bicyclic) bond motifs is 4. The van der Waals surface area contributed by atoms with Crippen molar-refractivity contribution in [1.29, 1.82) is 0 Å². The van der Waals surface area contributed by atoms with E-state index in [9.17, 15) is 0 Å². The molecule has 0 N–H and O–H groups in total. The van der Waals surface area contributed by atoms with E-state index in [0.29, 0.717) is 17.5 Å². The Kier molecular flexibility index (Phi) is 8.45. The van der Waals surface area contributed by atoms with E-state index in [4.69, 9.17) is 19.4 Å². The molecule has 4 nitrogen and oxygen atoms in total. The molecule has 2 aromatic heterocycles. The Morgan fingerprint density at radius 3 is 1.49 bits per heavy atom. The third-order valence-corrected chi connectivity index (χ3v) is 11.2. The Hall–Kier alpha value is -7.95. The first kappa shape index (κ1) is 34.3. The highest BCUT2D eigenvalue weighted by Crippen LogP contribution is 2.39. The molecule has 59 heavy (non-hydrogen) atoms. The molecule has 0 atom stereocenters. The minimum absolute atomic E-state index is 0.576. The molecular weight excluding hydrogens is 719 g/mol. The number of hydrogen-bond donors (Lipinski definition) is 0. The summed E-state index contributed by atoms with van der Waals surface area (Å²) in [5.74, 6) is 1.78. The van der Waals surface area contributed by atoms with Gasteiger partial charge < -0.3 is 4.42 Å². The van der Waals surface area contributed by atoms with Gasteiger partial charge in [0.05, 0.1) is 0 Å². The van der Waals surface area contributed by atoms with E-state index in [0.717, 1.165) is 66.4 Å². The fraction of sp³-hybridized carbons (Fsp3) is 0. The van der Waals surface area contributed by atoms with E-state index < -0.39 is 0 Å². The monoisotopic (exact) mass is 753 g/mol. The van der Waals surface area contributed by atoms with Gasteiger partial charge in [0.15, 0.2) is 17.5 Å². The van der Waals surface area contributed by atoms with Crippen LogP contribution in [-0.4, -0.2) is 15.0 Å². The second kappa shape index (κ2) is 14.5. The van der Waals surface area contributed by atoms with Crippen molar-refractivity contribution in [3.05, 3.63) is 212 Å². The number of furan rings is 1. The van der Waals surface area contributed by atoms with Crippen LogP contribution in [-0.2, 0) is 0 Å². The van der Waals surface area contributed by atoms with Gasteiger partial charge in [-0.25, -0.2) is 15.0 Å². The first-order valence-electron chi connectivity index (χ1n) is 19.8. The average molecular weight is 754 g/mol. The summed E-state index contributed by atoms with van der Waals surface area (Å²) >= 11 is 0. The minimum atomic E-state index is 0.576. The molecule has 0 fully saturated rings. The largest absolute Gasteiger partial charge is 0.456 e. The number of benzene rings is 9. The van der Waals surface area contributed by atoms with Crippen LogP contribution in [0, 0.1) is 0 Å². The number of nitrogens with zero attached hydrogens (tertiary/aromatic N) is 3. The molecule has 9 aromatic carbocycles. The zero-order valence-corrected chi connectivity index (χ0v) is 32.0. The summed E-state index contributed by atoms with van der Waals surface area (Å²) in [5.41, 5.74) is 13.5. The third-order valence-electron chi connectivity index (χ3n) is 11.2.